The third-order valence-corrected chi connectivity index (χ3v) is 2.44. The zero-order valence-corrected chi connectivity index (χ0v) is 9.79. The molecule has 0 aliphatic carbocycles. The van der Waals surface area contributed by atoms with Crippen molar-refractivity contribution in [1.82, 2.24) is 0 Å². The fourth-order valence-corrected chi connectivity index (χ4v) is 1.63. The molecular weight excluding hydrogens is 247 g/mol. The lowest BCUT2D eigenvalue weighted by Crippen LogP contribution is -2.34. The van der Waals surface area contributed by atoms with E-state index in [0.717, 1.165) is 4.90 Å². The van der Waals surface area contributed by atoms with E-state index in [1.165, 1.54) is 18.2 Å². The van der Waals surface area contributed by atoms with Gasteiger partial charge in [-0.15, -0.1) is 0 Å². The average molecular weight is 261 g/mol. The maximum atomic E-state index is 12.4. The van der Waals surface area contributed by atoms with Gasteiger partial charge in [-0.3, -0.25) is 4.79 Å². The molecule has 18 heavy (non-hydrogen) atoms. The molecule has 0 aliphatic heterocycles. The van der Waals surface area contributed by atoms with Crippen molar-refractivity contribution in [3.05, 3.63) is 23.8 Å². The Morgan fingerprint density at radius 3 is 2.44 bits per heavy atom. The van der Waals surface area contributed by atoms with Gasteiger partial charge in [0.15, 0.2) is 0 Å². The number of nitrogens with zero attached hydrogens (tertiary/aromatic N) is 1. The van der Waals surface area contributed by atoms with Gasteiger partial charge in [0.25, 0.3) is 5.91 Å². The summed E-state index contributed by atoms with van der Waals surface area (Å²) in [7, 11) is 0. The lowest BCUT2D eigenvalue weighted by Gasteiger charge is -2.26. The molecule has 7 heteroatoms. The Kier molecular flexibility index (Phi) is 4.05. The fourth-order valence-electron chi connectivity index (χ4n) is 1.63. The highest BCUT2D eigenvalue weighted by atomic mass is 19.4. The number of primary amides is 1. The number of hydrogen-bond acceptors (Lipinski definition) is 3. The number of benzene rings is 1. The minimum Gasteiger partial charge on any atom is -0.396 e. The Bertz CT molecular complexity index is 446. The van der Waals surface area contributed by atoms with Crippen LogP contribution in [0.3, 0.4) is 0 Å². The zero-order chi connectivity index (χ0) is 13.9. The zero-order valence-electron chi connectivity index (χ0n) is 9.79. The summed E-state index contributed by atoms with van der Waals surface area (Å²) in [6, 6.07) is 4.25. The van der Waals surface area contributed by atoms with E-state index in [1.54, 1.807) is 6.92 Å². The van der Waals surface area contributed by atoms with Crippen LogP contribution in [0.15, 0.2) is 18.2 Å². The molecule has 0 aliphatic rings. The molecular formula is C11H14F3N3O. The monoisotopic (exact) mass is 261 g/mol. The highest BCUT2D eigenvalue weighted by Gasteiger charge is 2.31. The lowest BCUT2D eigenvalue weighted by molar-refractivity contribution is -0.119. The molecule has 4 nitrogen and oxygen atoms in total. The predicted octanol–water partition coefficient (Wildman–Crippen LogP) is 1.76. The third-order valence-electron chi connectivity index (χ3n) is 2.44. The van der Waals surface area contributed by atoms with E-state index >= 15 is 0 Å². The lowest BCUT2D eigenvalue weighted by atomic mass is 10.1. The number of halogens is 3. The molecule has 100 valence electrons. The number of anilines is 2. The largest absolute Gasteiger partial charge is 0.405 e. The highest BCUT2D eigenvalue weighted by molar-refractivity contribution is 6.00. The van der Waals surface area contributed by atoms with Crippen molar-refractivity contribution >= 4 is 17.3 Å². The number of carbonyl (C=O) groups is 1. The highest BCUT2D eigenvalue weighted by Crippen LogP contribution is 2.29. The topological polar surface area (TPSA) is 72.3 Å². The molecule has 4 N–H and O–H groups in total. The summed E-state index contributed by atoms with van der Waals surface area (Å²) < 4.78 is 37.2. The smallest absolute Gasteiger partial charge is 0.396 e. The van der Waals surface area contributed by atoms with Gasteiger partial charge in [0.05, 0.1) is 16.9 Å². The number of carbonyl (C=O) groups excluding carboxylic acids is 1. The van der Waals surface area contributed by atoms with Crippen LogP contribution in [0.1, 0.15) is 17.3 Å². The Labute approximate surface area is 102 Å². The molecule has 0 aromatic heterocycles. The van der Waals surface area contributed by atoms with Crippen molar-refractivity contribution in [2.45, 2.75) is 13.1 Å². The number of amides is 1. The number of nitrogens with two attached hydrogens (primary N) is 2. The first-order chi connectivity index (χ1) is 8.26. The first kappa shape index (κ1) is 14.1. The van der Waals surface area contributed by atoms with Gasteiger partial charge < -0.3 is 16.4 Å². The minimum absolute atomic E-state index is 0.0214. The van der Waals surface area contributed by atoms with Gasteiger partial charge in [0.1, 0.15) is 6.54 Å². The molecule has 0 fully saturated rings. The number of rotatable bonds is 4. The summed E-state index contributed by atoms with van der Waals surface area (Å²) in [6.07, 6.45) is -4.34. The summed E-state index contributed by atoms with van der Waals surface area (Å²) in [5, 5.41) is 0. The molecule has 0 heterocycles. The predicted molar refractivity (Wildman–Crippen MR) is 63.3 cm³/mol. The van der Waals surface area contributed by atoms with Crippen molar-refractivity contribution < 1.29 is 18.0 Å². The van der Waals surface area contributed by atoms with Crippen LogP contribution in [0.25, 0.3) is 0 Å². The third kappa shape index (κ3) is 3.28. The molecule has 0 unspecified atom stereocenters. The summed E-state index contributed by atoms with van der Waals surface area (Å²) in [5.74, 6) is -0.766. The second-order valence-electron chi connectivity index (χ2n) is 3.73. The van der Waals surface area contributed by atoms with Crippen molar-refractivity contribution in [3.8, 4) is 0 Å². The van der Waals surface area contributed by atoms with E-state index in [9.17, 15) is 18.0 Å². The van der Waals surface area contributed by atoms with Crippen LogP contribution < -0.4 is 16.4 Å². The quantitative estimate of drug-likeness (QED) is 0.811. The second-order valence-corrected chi connectivity index (χ2v) is 3.73. The number of para-hydroxylation sites is 1. The standard InChI is InChI=1S/C11H14F3N3O/c1-2-17(6-11(12,13)14)8-5-3-4-7(9(8)15)10(16)18/h3-5H,2,6,15H2,1H3,(H2,16,18). The molecule has 0 spiro atoms. The van der Waals surface area contributed by atoms with Crippen molar-refractivity contribution in [2.24, 2.45) is 5.73 Å². The molecule has 0 bridgehead atoms. The van der Waals surface area contributed by atoms with E-state index in [-0.39, 0.29) is 23.5 Å². The van der Waals surface area contributed by atoms with Crippen LogP contribution in [0.4, 0.5) is 24.5 Å². The summed E-state index contributed by atoms with van der Waals surface area (Å²) in [6.45, 7) is 0.559. The summed E-state index contributed by atoms with van der Waals surface area (Å²) in [4.78, 5) is 12.1. The summed E-state index contributed by atoms with van der Waals surface area (Å²) in [5.41, 5.74) is 10.9. The molecule has 1 aromatic rings. The van der Waals surface area contributed by atoms with E-state index in [4.69, 9.17) is 11.5 Å². The molecule has 0 saturated carbocycles. The maximum Gasteiger partial charge on any atom is 0.405 e. The SMILES string of the molecule is CCN(CC(F)(F)F)c1cccc(C(N)=O)c1N. The van der Waals surface area contributed by atoms with E-state index in [2.05, 4.69) is 0 Å². The van der Waals surface area contributed by atoms with Crippen molar-refractivity contribution in [1.29, 1.82) is 0 Å². The van der Waals surface area contributed by atoms with Crippen LogP contribution in [0, 0.1) is 0 Å². The Hall–Kier alpha value is -1.92. The van der Waals surface area contributed by atoms with Crippen LogP contribution in [-0.4, -0.2) is 25.2 Å². The van der Waals surface area contributed by atoms with Gasteiger partial charge in [0.2, 0.25) is 0 Å². The molecule has 1 rings (SSSR count). The Balaban J connectivity index is 3.14. The molecule has 1 amide bonds. The van der Waals surface area contributed by atoms with E-state index in [0.29, 0.717) is 0 Å². The van der Waals surface area contributed by atoms with E-state index in [1.807, 2.05) is 0 Å². The van der Waals surface area contributed by atoms with E-state index < -0.39 is 18.6 Å². The van der Waals surface area contributed by atoms with Crippen LogP contribution in [0.2, 0.25) is 0 Å². The molecule has 0 radical (unpaired) electrons. The normalized spacial score (nSPS) is 11.3. The van der Waals surface area contributed by atoms with Gasteiger partial charge in [-0.1, -0.05) is 6.07 Å². The van der Waals surface area contributed by atoms with Gasteiger partial charge in [0, 0.05) is 6.54 Å². The molecule has 0 atom stereocenters. The van der Waals surface area contributed by atoms with Crippen LogP contribution in [0.5, 0.6) is 0 Å². The van der Waals surface area contributed by atoms with Gasteiger partial charge in [-0.2, -0.15) is 13.2 Å². The van der Waals surface area contributed by atoms with Crippen LogP contribution >= 0.6 is 0 Å². The average Bonchev–Trinajstić information content (AvgIpc) is 2.25. The number of nitrogen functional groups attached to an aromatic ring is 1. The van der Waals surface area contributed by atoms with Gasteiger partial charge >= 0.3 is 6.18 Å². The Morgan fingerprint density at radius 1 is 1.39 bits per heavy atom. The number of alkyl halides is 3. The van der Waals surface area contributed by atoms with Gasteiger partial charge in [-0.25, -0.2) is 0 Å². The first-order valence-corrected chi connectivity index (χ1v) is 5.26. The van der Waals surface area contributed by atoms with Crippen molar-refractivity contribution in [3.63, 3.8) is 0 Å². The minimum atomic E-state index is -4.34. The first-order valence-electron chi connectivity index (χ1n) is 5.26. The molecule has 0 saturated heterocycles. The van der Waals surface area contributed by atoms with Crippen LogP contribution in [-0.2, 0) is 0 Å². The fraction of sp³-hybridized carbons (Fsp3) is 0.364. The summed E-state index contributed by atoms with van der Waals surface area (Å²) >= 11 is 0. The second kappa shape index (κ2) is 5.16. The number of hydrogen-bond donors (Lipinski definition) is 2. The maximum absolute atomic E-state index is 12.4. The molecule has 1 aromatic carbocycles. The van der Waals surface area contributed by atoms with Gasteiger partial charge in [-0.05, 0) is 19.1 Å². The Morgan fingerprint density at radius 2 is 2.00 bits per heavy atom. The van der Waals surface area contributed by atoms with Crippen molar-refractivity contribution in [2.75, 3.05) is 23.7 Å².